The minimum absolute atomic E-state index is 0.0225. The molecule has 138 valence electrons. The predicted molar refractivity (Wildman–Crippen MR) is 109 cm³/mol. The zero-order valence-electron chi connectivity index (χ0n) is 15.7. The predicted octanol–water partition coefficient (Wildman–Crippen LogP) is 5.17. The molecule has 5 nitrogen and oxygen atoms in total. The third kappa shape index (κ3) is 5.07. The Bertz CT molecular complexity index is 921. The summed E-state index contributed by atoms with van der Waals surface area (Å²) in [6.07, 6.45) is 1.64. The lowest BCUT2D eigenvalue weighted by molar-refractivity contribution is 0.102. The number of rotatable bonds is 6. The number of nitrogens with zero attached hydrogens (tertiary/aromatic N) is 1. The van der Waals surface area contributed by atoms with Gasteiger partial charge in [-0.05, 0) is 57.2 Å². The molecule has 0 saturated heterocycles. The lowest BCUT2D eigenvalue weighted by Crippen LogP contribution is -2.14. The first-order chi connectivity index (χ1) is 13.0. The van der Waals surface area contributed by atoms with E-state index in [1.807, 2.05) is 69.3 Å². The number of hydrogen-bond acceptors (Lipinski definition) is 4. The number of amides is 1. The van der Waals surface area contributed by atoms with E-state index in [0.29, 0.717) is 22.8 Å². The van der Waals surface area contributed by atoms with Gasteiger partial charge in [0.05, 0.1) is 11.8 Å². The normalized spacial score (nSPS) is 10.5. The number of anilines is 3. The minimum atomic E-state index is -0.218. The van der Waals surface area contributed by atoms with Crippen LogP contribution in [0.25, 0.3) is 0 Å². The van der Waals surface area contributed by atoms with Crippen LogP contribution in [0.2, 0.25) is 0 Å². The summed E-state index contributed by atoms with van der Waals surface area (Å²) in [7, 11) is 0. The lowest BCUT2D eigenvalue weighted by Gasteiger charge is -2.15. The average Bonchev–Trinajstić information content (AvgIpc) is 2.65. The van der Waals surface area contributed by atoms with Crippen LogP contribution in [0.15, 0.2) is 66.9 Å². The van der Waals surface area contributed by atoms with Crippen LogP contribution >= 0.6 is 0 Å². The summed E-state index contributed by atoms with van der Waals surface area (Å²) >= 11 is 0. The van der Waals surface area contributed by atoms with Crippen molar-refractivity contribution in [3.8, 4) is 5.75 Å². The van der Waals surface area contributed by atoms with Gasteiger partial charge in [-0.15, -0.1) is 0 Å². The number of benzene rings is 2. The highest BCUT2D eigenvalue weighted by molar-refractivity contribution is 6.05. The standard InChI is InChI=1S/C22H23N3O2/c1-15(2)27-20-7-5-4-6-19(20)25-22(26)17-12-13-23-21(14-17)24-18-10-8-16(3)9-11-18/h4-15H,1-3H3,(H,23,24)(H,25,26). The Labute approximate surface area is 159 Å². The molecule has 0 bridgehead atoms. The molecule has 0 saturated carbocycles. The molecule has 0 atom stereocenters. The highest BCUT2D eigenvalue weighted by atomic mass is 16.5. The first-order valence-corrected chi connectivity index (χ1v) is 8.88. The summed E-state index contributed by atoms with van der Waals surface area (Å²) in [5.41, 5.74) is 3.25. The van der Waals surface area contributed by atoms with Crippen LogP contribution < -0.4 is 15.4 Å². The molecule has 0 fully saturated rings. The van der Waals surface area contributed by atoms with Gasteiger partial charge < -0.3 is 15.4 Å². The highest BCUT2D eigenvalue weighted by Crippen LogP contribution is 2.25. The molecule has 2 aromatic carbocycles. The number of carbonyl (C=O) groups is 1. The van der Waals surface area contributed by atoms with E-state index in [1.165, 1.54) is 5.56 Å². The maximum Gasteiger partial charge on any atom is 0.255 e. The monoisotopic (exact) mass is 361 g/mol. The summed E-state index contributed by atoms with van der Waals surface area (Å²) in [4.78, 5) is 17.0. The smallest absolute Gasteiger partial charge is 0.255 e. The van der Waals surface area contributed by atoms with Gasteiger partial charge in [-0.25, -0.2) is 4.98 Å². The van der Waals surface area contributed by atoms with E-state index >= 15 is 0 Å². The van der Waals surface area contributed by atoms with Crippen LogP contribution in [0.1, 0.15) is 29.8 Å². The number of hydrogen-bond donors (Lipinski definition) is 2. The first kappa shape index (κ1) is 18.5. The quantitative estimate of drug-likeness (QED) is 0.635. The molecule has 0 radical (unpaired) electrons. The molecule has 1 aromatic heterocycles. The Morgan fingerprint density at radius 1 is 1.04 bits per heavy atom. The Hall–Kier alpha value is -3.34. The molecule has 3 aromatic rings. The van der Waals surface area contributed by atoms with Gasteiger partial charge in [-0.2, -0.15) is 0 Å². The molecular weight excluding hydrogens is 338 g/mol. The highest BCUT2D eigenvalue weighted by Gasteiger charge is 2.11. The van der Waals surface area contributed by atoms with Crippen LogP contribution in [0.4, 0.5) is 17.2 Å². The molecule has 1 amide bonds. The average molecular weight is 361 g/mol. The van der Waals surface area contributed by atoms with Crippen molar-refractivity contribution in [1.29, 1.82) is 0 Å². The second-order valence-corrected chi connectivity index (χ2v) is 6.54. The van der Waals surface area contributed by atoms with Crippen LogP contribution in [0.5, 0.6) is 5.75 Å². The summed E-state index contributed by atoms with van der Waals surface area (Å²) in [6, 6.07) is 18.8. The van der Waals surface area contributed by atoms with Gasteiger partial charge in [0.15, 0.2) is 0 Å². The Balaban J connectivity index is 1.75. The molecular formula is C22H23N3O2. The van der Waals surface area contributed by atoms with Crippen LogP contribution in [0.3, 0.4) is 0 Å². The second-order valence-electron chi connectivity index (χ2n) is 6.54. The van der Waals surface area contributed by atoms with Crippen molar-refractivity contribution < 1.29 is 9.53 Å². The van der Waals surface area contributed by atoms with Gasteiger partial charge in [0, 0.05) is 17.4 Å². The topological polar surface area (TPSA) is 63.2 Å². The van der Waals surface area contributed by atoms with Crippen molar-refractivity contribution in [2.45, 2.75) is 26.9 Å². The Morgan fingerprint density at radius 2 is 1.78 bits per heavy atom. The van der Waals surface area contributed by atoms with E-state index in [4.69, 9.17) is 4.74 Å². The number of nitrogens with one attached hydrogen (secondary N) is 2. The summed E-state index contributed by atoms with van der Waals surface area (Å²) in [5, 5.41) is 6.12. The van der Waals surface area contributed by atoms with Crippen LogP contribution in [-0.2, 0) is 0 Å². The molecule has 27 heavy (non-hydrogen) atoms. The van der Waals surface area contributed by atoms with Gasteiger partial charge in [0.25, 0.3) is 5.91 Å². The molecule has 1 heterocycles. The van der Waals surface area contributed by atoms with Crippen LogP contribution in [0, 0.1) is 6.92 Å². The van der Waals surface area contributed by atoms with E-state index < -0.39 is 0 Å². The van der Waals surface area contributed by atoms with Crippen LogP contribution in [-0.4, -0.2) is 17.0 Å². The van der Waals surface area contributed by atoms with Gasteiger partial charge in [0.2, 0.25) is 0 Å². The van der Waals surface area contributed by atoms with Gasteiger partial charge in [-0.3, -0.25) is 4.79 Å². The molecule has 0 unspecified atom stereocenters. The maximum absolute atomic E-state index is 12.7. The fraction of sp³-hybridized carbons (Fsp3) is 0.182. The molecule has 0 aliphatic carbocycles. The van der Waals surface area contributed by atoms with Crippen molar-refractivity contribution >= 4 is 23.1 Å². The molecule has 0 spiro atoms. The van der Waals surface area contributed by atoms with Crippen molar-refractivity contribution in [1.82, 2.24) is 4.98 Å². The number of pyridine rings is 1. The van der Waals surface area contributed by atoms with E-state index in [0.717, 1.165) is 5.69 Å². The minimum Gasteiger partial charge on any atom is -0.489 e. The van der Waals surface area contributed by atoms with E-state index in [9.17, 15) is 4.79 Å². The Morgan fingerprint density at radius 3 is 2.52 bits per heavy atom. The summed E-state index contributed by atoms with van der Waals surface area (Å²) in [5.74, 6) is 1.04. The van der Waals surface area contributed by atoms with Crippen molar-refractivity contribution in [2.24, 2.45) is 0 Å². The van der Waals surface area contributed by atoms with Gasteiger partial charge in [0.1, 0.15) is 11.6 Å². The summed E-state index contributed by atoms with van der Waals surface area (Å²) in [6.45, 7) is 5.93. The van der Waals surface area contributed by atoms with Crippen molar-refractivity contribution in [3.05, 3.63) is 78.0 Å². The van der Waals surface area contributed by atoms with Gasteiger partial charge in [-0.1, -0.05) is 29.8 Å². The van der Waals surface area contributed by atoms with E-state index in [-0.39, 0.29) is 12.0 Å². The SMILES string of the molecule is Cc1ccc(Nc2cc(C(=O)Nc3ccccc3OC(C)C)ccn2)cc1. The zero-order valence-corrected chi connectivity index (χ0v) is 15.7. The van der Waals surface area contributed by atoms with Crippen molar-refractivity contribution in [2.75, 3.05) is 10.6 Å². The molecule has 0 aliphatic rings. The third-order valence-electron chi connectivity index (χ3n) is 3.84. The fourth-order valence-electron chi connectivity index (χ4n) is 2.55. The van der Waals surface area contributed by atoms with Crippen molar-refractivity contribution in [3.63, 3.8) is 0 Å². The van der Waals surface area contributed by atoms with E-state index in [1.54, 1.807) is 18.3 Å². The lowest BCUT2D eigenvalue weighted by atomic mass is 10.2. The van der Waals surface area contributed by atoms with E-state index in [2.05, 4.69) is 15.6 Å². The summed E-state index contributed by atoms with van der Waals surface area (Å²) < 4.78 is 5.76. The molecule has 5 heteroatoms. The molecule has 0 aliphatic heterocycles. The zero-order chi connectivity index (χ0) is 19.2. The number of carbonyl (C=O) groups excluding carboxylic acids is 1. The second kappa shape index (κ2) is 8.36. The Kier molecular flexibility index (Phi) is 5.71. The number of aromatic nitrogens is 1. The number of aryl methyl sites for hydroxylation is 1. The molecule has 2 N–H and O–H groups in total. The third-order valence-corrected chi connectivity index (χ3v) is 3.84. The van der Waals surface area contributed by atoms with Gasteiger partial charge >= 0.3 is 0 Å². The maximum atomic E-state index is 12.7. The molecule has 3 rings (SSSR count). The number of para-hydroxylation sites is 2. The fourth-order valence-corrected chi connectivity index (χ4v) is 2.55. The largest absolute Gasteiger partial charge is 0.489 e. The first-order valence-electron chi connectivity index (χ1n) is 8.88. The number of ether oxygens (including phenoxy) is 1.